The predicted octanol–water partition coefficient (Wildman–Crippen LogP) is 0.630. The zero-order valence-corrected chi connectivity index (χ0v) is 6.68. The van der Waals surface area contributed by atoms with Crippen LogP contribution in [0.25, 0.3) is 0 Å². The van der Waals surface area contributed by atoms with Crippen LogP contribution in [0, 0.1) is 0 Å². The Bertz CT molecular complexity index is 281. The fourth-order valence-electron chi connectivity index (χ4n) is 0.617. The average Bonchev–Trinajstić information content (AvgIpc) is 1.94. The van der Waals surface area contributed by atoms with Crippen molar-refractivity contribution in [3.63, 3.8) is 0 Å². The summed E-state index contributed by atoms with van der Waals surface area (Å²) in [5.41, 5.74) is 0.399. The lowest BCUT2D eigenvalue weighted by Gasteiger charge is -1.95. The molecule has 0 bridgehead atoms. The van der Waals surface area contributed by atoms with Crippen molar-refractivity contribution in [2.24, 2.45) is 0 Å². The van der Waals surface area contributed by atoms with Gasteiger partial charge in [0.05, 0.1) is 6.61 Å². The standard InChI is InChI=1S/C6H6BrNO2/c7-5-2-8-6(10)1-4(5)3-9/h1-2,9H,3H2,(H,8,10). The second-order valence-corrected chi connectivity index (χ2v) is 2.68. The quantitative estimate of drug-likeness (QED) is 0.704. The molecule has 0 fully saturated rings. The van der Waals surface area contributed by atoms with Crippen LogP contribution in [0.15, 0.2) is 21.5 Å². The number of aliphatic hydroxyl groups is 1. The molecule has 1 aromatic heterocycles. The van der Waals surface area contributed by atoms with Gasteiger partial charge in [-0.2, -0.15) is 0 Å². The number of aliphatic hydroxyl groups excluding tert-OH is 1. The Morgan fingerprint density at radius 2 is 2.40 bits per heavy atom. The molecule has 0 aliphatic heterocycles. The summed E-state index contributed by atoms with van der Waals surface area (Å²) in [7, 11) is 0. The molecule has 10 heavy (non-hydrogen) atoms. The summed E-state index contributed by atoms with van der Waals surface area (Å²) < 4.78 is 0.717. The van der Waals surface area contributed by atoms with Crippen LogP contribution in [0.5, 0.6) is 0 Å². The average molecular weight is 204 g/mol. The van der Waals surface area contributed by atoms with Crippen LogP contribution in [-0.4, -0.2) is 10.1 Å². The summed E-state index contributed by atoms with van der Waals surface area (Å²) in [6.07, 6.45) is 1.51. The van der Waals surface area contributed by atoms with Crippen molar-refractivity contribution >= 4 is 15.9 Å². The maximum absolute atomic E-state index is 10.6. The Hall–Kier alpha value is -0.610. The monoisotopic (exact) mass is 203 g/mol. The van der Waals surface area contributed by atoms with E-state index in [0.29, 0.717) is 5.56 Å². The lowest BCUT2D eigenvalue weighted by Crippen LogP contribution is -2.04. The summed E-state index contributed by atoms with van der Waals surface area (Å²) >= 11 is 3.16. The third-order valence-electron chi connectivity index (χ3n) is 1.12. The van der Waals surface area contributed by atoms with Crippen molar-refractivity contribution in [3.05, 3.63) is 32.7 Å². The number of halogens is 1. The van der Waals surface area contributed by atoms with Crippen molar-refractivity contribution in [2.75, 3.05) is 0 Å². The molecule has 3 nitrogen and oxygen atoms in total. The number of hydrogen-bond donors (Lipinski definition) is 2. The first-order valence-corrected chi connectivity index (χ1v) is 3.51. The first-order valence-electron chi connectivity index (χ1n) is 2.72. The summed E-state index contributed by atoms with van der Waals surface area (Å²) in [4.78, 5) is 13.1. The van der Waals surface area contributed by atoms with Gasteiger partial charge in [-0.1, -0.05) is 0 Å². The maximum Gasteiger partial charge on any atom is 0.248 e. The van der Waals surface area contributed by atoms with E-state index < -0.39 is 0 Å². The van der Waals surface area contributed by atoms with E-state index in [-0.39, 0.29) is 12.2 Å². The largest absolute Gasteiger partial charge is 0.392 e. The van der Waals surface area contributed by atoms with E-state index >= 15 is 0 Å². The minimum absolute atomic E-state index is 0.121. The van der Waals surface area contributed by atoms with E-state index in [4.69, 9.17) is 5.11 Å². The number of rotatable bonds is 1. The highest BCUT2D eigenvalue weighted by Crippen LogP contribution is 2.11. The first kappa shape index (κ1) is 7.50. The SMILES string of the molecule is O=c1cc(CO)c(Br)c[nH]1. The number of aromatic amines is 1. The molecule has 0 aliphatic carbocycles. The van der Waals surface area contributed by atoms with Crippen molar-refractivity contribution in [3.8, 4) is 0 Å². The Balaban J connectivity index is 3.22. The molecule has 0 spiro atoms. The highest BCUT2D eigenvalue weighted by molar-refractivity contribution is 9.10. The normalized spacial score (nSPS) is 9.80. The summed E-state index contributed by atoms with van der Waals surface area (Å²) in [5.74, 6) is 0. The van der Waals surface area contributed by atoms with Crippen molar-refractivity contribution < 1.29 is 5.11 Å². The molecule has 1 aromatic rings. The van der Waals surface area contributed by atoms with Crippen LogP contribution >= 0.6 is 15.9 Å². The van der Waals surface area contributed by atoms with Gasteiger partial charge in [0.2, 0.25) is 5.56 Å². The van der Waals surface area contributed by atoms with Gasteiger partial charge >= 0.3 is 0 Å². The smallest absolute Gasteiger partial charge is 0.248 e. The van der Waals surface area contributed by atoms with Gasteiger partial charge in [-0.3, -0.25) is 4.79 Å². The lowest BCUT2D eigenvalue weighted by molar-refractivity contribution is 0.281. The van der Waals surface area contributed by atoms with E-state index in [0.717, 1.165) is 4.47 Å². The van der Waals surface area contributed by atoms with Gasteiger partial charge in [0, 0.05) is 16.7 Å². The van der Waals surface area contributed by atoms with Crippen LogP contribution in [-0.2, 0) is 6.61 Å². The van der Waals surface area contributed by atoms with E-state index in [1.807, 2.05) is 0 Å². The van der Waals surface area contributed by atoms with Crippen molar-refractivity contribution in [1.29, 1.82) is 0 Å². The van der Waals surface area contributed by atoms with Gasteiger partial charge in [-0.05, 0) is 21.5 Å². The third kappa shape index (κ3) is 1.46. The van der Waals surface area contributed by atoms with Crippen molar-refractivity contribution in [1.82, 2.24) is 4.98 Å². The van der Waals surface area contributed by atoms with Crippen molar-refractivity contribution in [2.45, 2.75) is 6.61 Å². The maximum atomic E-state index is 10.6. The van der Waals surface area contributed by atoms with Gasteiger partial charge in [0.15, 0.2) is 0 Å². The Morgan fingerprint density at radius 1 is 1.70 bits per heavy atom. The minimum Gasteiger partial charge on any atom is -0.392 e. The van der Waals surface area contributed by atoms with Crippen LogP contribution in [0.4, 0.5) is 0 Å². The van der Waals surface area contributed by atoms with Crippen LogP contribution in [0.2, 0.25) is 0 Å². The minimum atomic E-state index is -0.202. The van der Waals surface area contributed by atoms with Gasteiger partial charge in [-0.25, -0.2) is 0 Å². The highest BCUT2D eigenvalue weighted by Gasteiger charge is 1.96. The lowest BCUT2D eigenvalue weighted by atomic mass is 10.3. The topological polar surface area (TPSA) is 53.1 Å². The predicted molar refractivity (Wildman–Crippen MR) is 40.7 cm³/mol. The molecule has 0 atom stereocenters. The molecule has 0 saturated heterocycles. The first-order chi connectivity index (χ1) is 4.74. The van der Waals surface area contributed by atoms with Gasteiger partial charge < -0.3 is 10.1 Å². The van der Waals surface area contributed by atoms with Crippen LogP contribution < -0.4 is 5.56 Å². The number of hydrogen-bond acceptors (Lipinski definition) is 2. The molecule has 1 rings (SSSR count). The molecule has 0 amide bonds. The Labute approximate surface area is 65.8 Å². The highest BCUT2D eigenvalue weighted by atomic mass is 79.9. The molecule has 2 N–H and O–H groups in total. The molecule has 0 saturated carbocycles. The van der Waals surface area contributed by atoms with E-state index in [1.54, 1.807) is 0 Å². The molecule has 0 aliphatic rings. The second-order valence-electron chi connectivity index (χ2n) is 1.83. The third-order valence-corrected chi connectivity index (χ3v) is 1.86. The molecule has 0 radical (unpaired) electrons. The van der Waals surface area contributed by atoms with Crippen LogP contribution in [0.3, 0.4) is 0 Å². The Morgan fingerprint density at radius 3 is 2.90 bits per heavy atom. The molecule has 0 aromatic carbocycles. The molecule has 54 valence electrons. The molecule has 4 heteroatoms. The molecular weight excluding hydrogens is 198 g/mol. The summed E-state index contributed by atoms with van der Waals surface area (Å²) in [6.45, 7) is -0.121. The summed E-state index contributed by atoms with van der Waals surface area (Å²) in [6, 6.07) is 1.35. The van der Waals surface area contributed by atoms with Gasteiger partial charge in [0.1, 0.15) is 0 Å². The zero-order chi connectivity index (χ0) is 7.56. The van der Waals surface area contributed by atoms with E-state index in [1.165, 1.54) is 12.3 Å². The second kappa shape index (κ2) is 2.98. The van der Waals surface area contributed by atoms with Gasteiger partial charge in [0.25, 0.3) is 0 Å². The molecule has 1 heterocycles. The molecular formula is C6H6BrNO2. The van der Waals surface area contributed by atoms with E-state index in [2.05, 4.69) is 20.9 Å². The fraction of sp³-hybridized carbons (Fsp3) is 0.167. The summed E-state index contributed by atoms with van der Waals surface area (Å²) in [5, 5.41) is 8.66. The number of H-pyrrole nitrogens is 1. The van der Waals surface area contributed by atoms with E-state index in [9.17, 15) is 4.79 Å². The molecule has 0 unspecified atom stereocenters. The van der Waals surface area contributed by atoms with Crippen LogP contribution in [0.1, 0.15) is 5.56 Å². The van der Waals surface area contributed by atoms with Gasteiger partial charge in [-0.15, -0.1) is 0 Å². The number of pyridine rings is 1. The number of aromatic nitrogens is 1. The number of nitrogens with one attached hydrogen (secondary N) is 1. The fourth-order valence-corrected chi connectivity index (χ4v) is 0.972. The Kier molecular flexibility index (Phi) is 2.24. The zero-order valence-electron chi connectivity index (χ0n) is 5.10.